The highest BCUT2D eigenvalue weighted by atomic mass is 35.5. The van der Waals surface area contributed by atoms with Crippen molar-refractivity contribution in [1.29, 1.82) is 0 Å². The molecule has 2 heterocycles. The molecule has 0 fully saturated rings. The van der Waals surface area contributed by atoms with Gasteiger partial charge in [0.15, 0.2) is 6.61 Å². The summed E-state index contributed by atoms with van der Waals surface area (Å²) in [5.74, 6) is -0.174. The number of hydrogen-bond acceptors (Lipinski definition) is 6. The molecule has 0 radical (unpaired) electrons. The summed E-state index contributed by atoms with van der Waals surface area (Å²) in [7, 11) is 2.86. The van der Waals surface area contributed by atoms with Crippen LogP contribution in [0.25, 0.3) is 0 Å². The lowest BCUT2D eigenvalue weighted by Crippen LogP contribution is -2.35. The maximum absolute atomic E-state index is 12.4. The van der Waals surface area contributed by atoms with E-state index in [0.29, 0.717) is 40.8 Å². The molecule has 0 bridgehead atoms. The first-order valence-electron chi connectivity index (χ1n) is 8.80. The van der Waals surface area contributed by atoms with Gasteiger partial charge in [-0.15, -0.1) is 11.3 Å². The Bertz CT molecular complexity index is 929. The smallest absolute Gasteiger partial charge is 0.409 e. The third kappa shape index (κ3) is 4.80. The fraction of sp³-hybridized carbons (Fsp3) is 0.316. The number of ether oxygens (including phenoxy) is 2. The first-order chi connectivity index (χ1) is 13.9. The van der Waals surface area contributed by atoms with Gasteiger partial charge in [-0.1, -0.05) is 11.6 Å². The standard InChI is InChI=1S/C19H20ClN3O5S/c1-21-17(25)16-13-7-8-23(19(26)27-2)9-14(13)29-18(16)22-15(24)10-28-12-5-3-11(20)4-6-12/h3-6H,7-10H2,1-2H3,(H,21,25)(H,22,24). The fourth-order valence-electron chi connectivity index (χ4n) is 2.98. The van der Waals surface area contributed by atoms with Gasteiger partial charge in [0.25, 0.3) is 11.8 Å². The molecule has 1 aromatic carbocycles. The van der Waals surface area contributed by atoms with Crippen molar-refractivity contribution in [3.8, 4) is 5.75 Å². The number of anilines is 1. The maximum atomic E-state index is 12.4. The third-order valence-corrected chi connectivity index (χ3v) is 5.76. The average molecular weight is 438 g/mol. The summed E-state index contributed by atoms with van der Waals surface area (Å²) in [6.45, 7) is 0.549. The van der Waals surface area contributed by atoms with E-state index in [4.69, 9.17) is 21.1 Å². The van der Waals surface area contributed by atoms with Crippen LogP contribution in [0.5, 0.6) is 5.75 Å². The number of benzene rings is 1. The van der Waals surface area contributed by atoms with Crippen molar-refractivity contribution in [2.24, 2.45) is 0 Å². The molecule has 0 spiro atoms. The number of methoxy groups -OCH3 is 1. The van der Waals surface area contributed by atoms with Gasteiger partial charge in [-0.05, 0) is 36.2 Å². The number of nitrogens with zero attached hydrogens (tertiary/aromatic N) is 1. The third-order valence-electron chi connectivity index (χ3n) is 4.38. The van der Waals surface area contributed by atoms with Crippen LogP contribution in [-0.4, -0.2) is 50.1 Å². The Hall–Kier alpha value is -2.78. The Morgan fingerprint density at radius 2 is 1.97 bits per heavy atom. The molecule has 154 valence electrons. The molecule has 1 aliphatic rings. The highest BCUT2D eigenvalue weighted by Gasteiger charge is 2.30. The summed E-state index contributed by atoms with van der Waals surface area (Å²) in [6.07, 6.45) is 0.0772. The second-order valence-corrected chi connectivity index (χ2v) is 7.76. The molecule has 0 atom stereocenters. The van der Waals surface area contributed by atoms with Gasteiger partial charge in [0.05, 0.1) is 19.2 Å². The van der Waals surface area contributed by atoms with E-state index in [2.05, 4.69) is 10.6 Å². The molecule has 0 aliphatic carbocycles. The van der Waals surface area contributed by atoms with E-state index in [-0.39, 0.29) is 12.5 Å². The summed E-state index contributed by atoms with van der Waals surface area (Å²) in [6, 6.07) is 6.66. The number of halogens is 1. The maximum Gasteiger partial charge on any atom is 0.409 e. The second kappa shape index (κ2) is 9.15. The molecular weight excluding hydrogens is 418 g/mol. The molecule has 2 aromatic rings. The Labute approximate surface area is 176 Å². The molecule has 8 nitrogen and oxygen atoms in total. The normalized spacial score (nSPS) is 12.7. The zero-order chi connectivity index (χ0) is 21.0. The van der Waals surface area contributed by atoms with Crippen LogP contribution in [0.2, 0.25) is 5.02 Å². The van der Waals surface area contributed by atoms with Crippen molar-refractivity contribution in [3.05, 3.63) is 45.3 Å². The predicted octanol–water partition coefficient (Wildman–Crippen LogP) is 2.90. The second-order valence-electron chi connectivity index (χ2n) is 6.22. The highest BCUT2D eigenvalue weighted by Crippen LogP contribution is 2.37. The van der Waals surface area contributed by atoms with Gasteiger partial charge < -0.3 is 25.0 Å². The van der Waals surface area contributed by atoms with E-state index in [9.17, 15) is 14.4 Å². The van der Waals surface area contributed by atoms with E-state index in [1.54, 1.807) is 29.2 Å². The van der Waals surface area contributed by atoms with Gasteiger partial charge in [0, 0.05) is 23.5 Å². The van der Waals surface area contributed by atoms with Gasteiger partial charge in [-0.2, -0.15) is 0 Å². The largest absolute Gasteiger partial charge is 0.484 e. The van der Waals surface area contributed by atoms with Crippen molar-refractivity contribution in [1.82, 2.24) is 10.2 Å². The number of thiophene rings is 1. The molecule has 10 heteroatoms. The summed E-state index contributed by atoms with van der Waals surface area (Å²) < 4.78 is 10.2. The molecule has 29 heavy (non-hydrogen) atoms. The van der Waals surface area contributed by atoms with Gasteiger partial charge in [-0.25, -0.2) is 4.79 Å². The number of rotatable bonds is 5. The minimum Gasteiger partial charge on any atom is -0.484 e. The topological polar surface area (TPSA) is 97.0 Å². The average Bonchev–Trinajstić information content (AvgIpc) is 3.08. The SMILES string of the molecule is CNC(=O)c1c(NC(=O)COc2ccc(Cl)cc2)sc2c1CCN(C(=O)OC)C2. The quantitative estimate of drug-likeness (QED) is 0.749. The molecule has 0 saturated carbocycles. The van der Waals surface area contributed by atoms with Crippen LogP contribution in [-0.2, 0) is 22.5 Å². The fourth-order valence-corrected chi connectivity index (χ4v) is 4.39. The van der Waals surface area contributed by atoms with Crippen molar-refractivity contribution >= 4 is 45.8 Å². The molecule has 2 N–H and O–H groups in total. The van der Waals surface area contributed by atoms with Gasteiger partial charge >= 0.3 is 6.09 Å². The lowest BCUT2D eigenvalue weighted by molar-refractivity contribution is -0.118. The van der Waals surface area contributed by atoms with E-state index >= 15 is 0 Å². The molecule has 1 aromatic heterocycles. The van der Waals surface area contributed by atoms with E-state index in [1.807, 2.05) is 0 Å². The first kappa shape index (κ1) is 20.9. The lowest BCUT2D eigenvalue weighted by atomic mass is 10.0. The summed E-state index contributed by atoms with van der Waals surface area (Å²) in [4.78, 5) is 39.0. The van der Waals surface area contributed by atoms with E-state index in [0.717, 1.165) is 10.4 Å². The minimum absolute atomic E-state index is 0.217. The molecule has 3 amide bonds. The summed E-state index contributed by atoms with van der Waals surface area (Å²) in [5, 5.41) is 6.37. The van der Waals surface area contributed by atoms with Crippen LogP contribution in [0.3, 0.4) is 0 Å². The van der Waals surface area contributed by atoms with Crippen molar-refractivity contribution in [2.45, 2.75) is 13.0 Å². The number of amides is 3. The van der Waals surface area contributed by atoms with Gasteiger partial charge in [-0.3, -0.25) is 9.59 Å². The van der Waals surface area contributed by atoms with Crippen molar-refractivity contribution in [3.63, 3.8) is 0 Å². The number of carbonyl (C=O) groups excluding carboxylic acids is 3. The molecule has 1 aliphatic heterocycles. The predicted molar refractivity (Wildman–Crippen MR) is 110 cm³/mol. The molecular formula is C19H20ClN3O5S. The van der Waals surface area contributed by atoms with Crippen molar-refractivity contribution in [2.75, 3.05) is 32.6 Å². The van der Waals surface area contributed by atoms with Gasteiger partial charge in [0.1, 0.15) is 10.8 Å². The Morgan fingerprint density at radius 3 is 2.62 bits per heavy atom. The van der Waals surface area contributed by atoms with Gasteiger partial charge in [0.2, 0.25) is 0 Å². The number of nitrogens with one attached hydrogen (secondary N) is 2. The summed E-state index contributed by atoms with van der Waals surface area (Å²) >= 11 is 7.10. The zero-order valence-corrected chi connectivity index (χ0v) is 17.5. The Balaban J connectivity index is 1.75. The monoisotopic (exact) mass is 437 g/mol. The lowest BCUT2D eigenvalue weighted by Gasteiger charge is -2.25. The Kier molecular flexibility index (Phi) is 6.60. The molecule has 0 saturated heterocycles. The Morgan fingerprint density at radius 1 is 1.24 bits per heavy atom. The number of carbonyl (C=O) groups is 3. The first-order valence-corrected chi connectivity index (χ1v) is 10.00. The van der Waals surface area contributed by atoms with E-state index in [1.165, 1.54) is 25.5 Å². The number of fused-ring (bicyclic) bond motifs is 1. The van der Waals surface area contributed by atoms with Crippen molar-refractivity contribution < 1.29 is 23.9 Å². The molecule has 3 rings (SSSR count). The van der Waals surface area contributed by atoms with E-state index < -0.39 is 12.0 Å². The van der Waals surface area contributed by atoms with Crippen LogP contribution >= 0.6 is 22.9 Å². The zero-order valence-electron chi connectivity index (χ0n) is 15.9. The minimum atomic E-state index is -0.424. The van der Waals surface area contributed by atoms with Crippen LogP contribution in [0, 0.1) is 0 Å². The van der Waals surface area contributed by atoms with Crippen LogP contribution in [0.15, 0.2) is 24.3 Å². The molecule has 0 unspecified atom stereocenters. The highest BCUT2D eigenvalue weighted by molar-refractivity contribution is 7.17. The summed E-state index contributed by atoms with van der Waals surface area (Å²) in [5.41, 5.74) is 1.26. The number of hydrogen-bond donors (Lipinski definition) is 2. The van der Waals surface area contributed by atoms with Crippen LogP contribution in [0.1, 0.15) is 20.8 Å². The van der Waals surface area contributed by atoms with Crippen LogP contribution in [0.4, 0.5) is 9.80 Å². The van der Waals surface area contributed by atoms with Crippen LogP contribution < -0.4 is 15.4 Å².